The highest BCUT2D eigenvalue weighted by atomic mass is 16.2. The molecule has 3 heterocycles. The number of nitrogens with zero attached hydrogens (tertiary/aromatic N) is 3. The molecule has 3 aromatic heterocycles. The summed E-state index contributed by atoms with van der Waals surface area (Å²) in [6, 6.07) is 12.1. The molecule has 4 aromatic rings. The fourth-order valence-corrected chi connectivity index (χ4v) is 3.20. The molecular weight excluding hydrogens is 350 g/mol. The van der Waals surface area contributed by atoms with Crippen LogP contribution in [0.25, 0.3) is 33.3 Å². The fourth-order valence-electron chi connectivity index (χ4n) is 3.20. The first-order valence-corrected chi connectivity index (χ1v) is 9.02. The zero-order valence-corrected chi connectivity index (χ0v) is 16.0. The van der Waals surface area contributed by atoms with Crippen molar-refractivity contribution < 1.29 is 4.79 Å². The van der Waals surface area contributed by atoms with Crippen LogP contribution in [0, 0.1) is 0 Å². The van der Waals surface area contributed by atoms with Gasteiger partial charge < -0.3 is 15.2 Å². The van der Waals surface area contributed by atoms with Crippen LogP contribution in [-0.2, 0) is 4.79 Å². The highest BCUT2D eigenvalue weighted by molar-refractivity contribution is 5.96. The topological polar surface area (TPSA) is 73.9 Å². The van der Waals surface area contributed by atoms with Gasteiger partial charge in [0.2, 0.25) is 5.91 Å². The van der Waals surface area contributed by atoms with Crippen LogP contribution in [-0.4, -0.2) is 35.0 Å². The Morgan fingerprint density at radius 1 is 1.07 bits per heavy atom. The average molecular weight is 371 g/mol. The van der Waals surface area contributed by atoms with E-state index in [0.29, 0.717) is 0 Å². The molecule has 0 saturated carbocycles. The van der Waals surface area contributed by atoms with Gasteiger partial charge in [-0.2, -0.15) is 0 Å². The van der Waals surface area contributed by atoms with Gasteiger partial charge in [-0.15, -0.1) is 0 Å². The molecule has 1 amide bonds. The lowest BCUT2D eigenvalue weighted by Crippen LogP contribution is -2.22. The third kappa shape index (κ3) is 3.20. The maximum atomic E-state index is 11.7. The average Bonchev–Trinajstić information content (AvgIpc) is 3.16. The second-order valence-electron chi connectivity index (χ2n) is 6.66. The van der Waals surface area contributed by atoms with Crippen molar-refractivity contribution in [1.82, 2.24) is 15.0 Å². The molecule has 1 aromatic carbocycles. The van der Waals surface area contributed by atoms with Crippen LogP contribution in [0.4, 0.5) is 11.4 Å². The van der Waals surface area contributed by atoms with Gasteiger partial charge in [0.05, 0.1) is 5.69 Å². The molecule has 140 valence electrons. The van der Waals surface area contributed by atoms with Gasteiger partial charge in [0.25, 0.3) is 0 Å². The van der Waals surface area contributed by atoms with Crippen LogP contribution in [0.15, 0.2) is 61.2 Å². The van der Waals surface area contributed by atoms with Crippen molar-refractivity contribution >= 4 is 28.3 Å². The van der Waals surface area contributed by atoms with Crippen LogP contribution < -0.4 is 10.2 Å². The molecule has 0 atom stereocenters. The number of hydrogen-bond acceptors (Lipinski definition) is 4. The number of rotatable bonds is 4. The number of benzene rings is 1. The molecule has 0 fully saturated rings. The number of anilines is 2. The maximum Gasteiger partial charge on any atom is 0.223 e. The number of hydrogen-bond donors (Lipinski definition) is 2. The van der Waals surface area contributed by atoms with Crippen molar-refractivity contribution in [2.75, 3.05) is 24.3 Å². The second-order valence-corrected chi connectivity index (χ2v) is 6.66. The van der Waals surface area contributed by atoms with E-state index in [9.17, 15) is 4.79 Å². The molecule has 4 rings (SSSR count). The first kappa shape index (κ1) is 17.7. The molecule has 0 unspecified atom stereocenters. The predicted octanol–water partition coefficient (Wildman–Crippen LogP) is 4.32. The lowest BCUT2D eigenvalue weighted by atomic mass is 10.0. The SMILES string of the molecule is CNc1cncc(-c2c[nH]c3ncc(-c4cccc(N(C)C(C)=O)c4)cc23)c1. The normalized spacial score (nSPS) is 10.8. The van der Waals surface area contributed by atoms with Crippen molar-refractivity contribution in [3.05, 3.63) is 61.2 Å². The van der Waals surface area contributed by atoms with E-state index in [0.717, 1.165) is 44.7 Å². The minimum absolute atomic E-state index is 0.00411. The first-order valence-electron chi connectivity index (χ1n) is 9.02. The van der Waals surface area contributed by atoms with Crippen LogP contribution in [0.2, 0.25) is 0 Å². The van der Waals surface area contributed by atoms with Crippen molar-refractivity contribution in [2.45, 2.75) is 6.92 Å². The van der Waals surface area contributed by atoms with Crippen LogP contribution in [0.3, 0.4) is 0 Å². The number of pyridine rings is 2. The molecule has 0 aliphatic heterocycles. The van der Waals surface area contributed by atoms with Crippen molar-refractivity contribution in [3.63, 3.8) is 0 Å². The summed E-state index contributed by atoms with van der Waals surface area (Å²) in [6.07, 6.45) is 7.44. The standard InChI is InChI=1S/C22H21N5O/c1-14(28)27(3)19-6-4-5-15(8-19)16-9-20-21(13-26-22(20)25-11-16)17-7-18(23-2)12-24-10-17/h4-13,23H,1-3H3,(H,25,26). The lowest BCUT2D eigenvalue weighted by molar-refractivity contribution is -0.116. The maximum absolute atomic E-state index is 11.7. The van der Waals surface area contributed by atoms with E-state index in [4.69, 9.17) is 0 Å². The molecular formula is C22H21N5O. The zero-order chi connectivity index (χ0) is 19.7. The molecule has 6 nitrogen and oxygen atoms in total. The quantitative estimate of drug-likeness (QED) is 0.560. The third-order valence-electron chi connectivity index (χ3n) is 4.91. The molecule has 0 bridgehead atoms. The van der Waals surface area contributed by atoms with Gasteiger partial charge in [0.15, 0.2) is 0 Å². The van der Waals surface area contributed by atoms with E-state index in [-0.39, 0.29) is 5.91 Å². The molecule has 0 aliphatic carbocycles. The summed E-state index contributed by atoms with van der Waals surface area (Å²) in [5.41, 5.74) is 6.69. The zero-order valence-electron chi connectivity index (χ0n) is 16.0. The highest BCUT2D eigenvalue weighted by Crippen LogP contribution is 2.32. The summed E-state index contributed by atoms with van der Waals surface area (Å²) in [5.74, 6) is -0.00411. The smallest absolute Gasteiger partial charge is 0.223 e. The minimum atomic E-state index is -0.00411. The van der Waals surface area contributed by atoms with Gasteiger partial charge in [-0.25, -0.2) is 4.98 Å². The van der Waals surface area contributed by atoms with Crippen molar-refractivity contribution in [1.29, 1.82) is 0 Å². The Morgan fingerprint density at radius 2 is 1.93 bits per heavy atom. The fraction of sp³-hybridized carbons (Fsp3) is 0.136. The largest absolute Gasteiger partial charge is 0.387 e. The lowest BCUT2D eigenvalue weighted by Gasteiger charge is -2.16. The molecule has 2 N–H and O–H groups in total. The summed E-state index contributed by atoms with van der Waals surface area (Å²) in [7, 11) is 3.65. The van der Waals surface area contributed by atoms with Gasteiger partial charge >= 0.3 is 0 Å². The Hall–Kier alpha value is -3.67. The summed E-state index contributed by atoms with van der Waals surface area (Å²) >= 11 is 0. The van der Waals surface area contributed by atoms with Gasteiger partial charge in [0, 0.05) is 73.6 Å². The van der Waals surface area contributed by atoms with Gasteiger partial charge in [-0.3, -0.25) is 9.78 Å². The monoisotopic (exact) mass is 371 g/mol. The number of nitrogens with one attached hydrogen (secondary N) is 2. The number of aromatic amines is 1. The van der Waals surface area contributed by atoms with Gasteiger partial charge in [0.1, 0.15) is 5.65 Å². The molecule has 28 heavy (non-hydrogen) atoms. The Balaban J connectivity index is 1.80. The summed E-state index contributed by atoms with van der Waals surface area (Å²) in [5, 5.41) is 4.15. The van der Waals surface area contributed by atoms with Crippen LogP contribution in [0.5, 0.6) is 0 Å². The van der Waals surface area contributed by atoms with E-state index >= 15 is 0 Å². The Kier molecular flexibility index (Phi) is 4.53. The van der Waals surface area contributed by atoms with Crippen molar-refractivity contribution in [2.24, 2.45) is 0 Å². The van der Waals surface area contributed by atoms with E-state index < -0.39 is 0 Å². The molecule has 0 saturated heterocycles. The van der Waals surface area contributed by atoms with E-state index in [1.165, 1.54) is 0 Å². The van der Waals surface area contributed by atoms with Crippen molar-refractivity contribution in [3.8, 4) is 22.3 Å². The second kappa shape index (κ2) is 7.15. The number of carbonyl (C=O) groups is 1. The van der Waals surface area contributed by atoms with Crippen LogP contribution >= 0.6 is 0 Å². The molecule has 6 heteroatoms. The Morgan fingerprint density at radius 3 is 2.71 bits per heavy atom. The van der Waals surface area contributed by atoms with E-state index in [1.54, 1.807) is 25.1 Å². The number of carbonyl (C=O) groups excluding carboxylic acids is 1. The third-order valence-corrected chi connectivity index (χ3v) is 4.91. The summed E-state index contributed by atoms with van der Waals surface area (Å²) in [4.78, 5) is 25.4. The highest BCUT2D eigenvalue weighted by Gasteiger charge is 2.11. The van der Waals surface area contributed by atoms with Gasteiger partial charge in [-0.05, 0) is 29.8 Å². The number of amides is 1. The molecule has 0 aliphatic rings. The number of aromatic nitrogens is 3. The van der Waals surface area contributed by atoms with Gasteiger partial charge in [-0.1, -0.05) is 12.1 Å². The first-order chi connectivity index (χ1) is 13.6. The minimum Gasteiger partial charge on any atom is -0.387 e. The molecule has 0 radical (unpaired) electrons. The number of H-pyrrole nitrogens is 1. The number of fused-ring (bicyclic) bond motifs is 1. The Bertz CT molecular complexity index is 1160. The summed E-state index contributed by atoms with van der Waals surface area (Å²) in [6.45, 7) is 1.56. The predicted molar refractivity (Wildman–Crippen MR) is 113 cm³/mol. The summed E-state index contributed by atoms with van der Waals surface area (Å²) < 4.78 is 0. The van der Waals surface area contributed by atoms with Crippen LogP contribution in [0.1, 0.15) is 6.92 Å². The Labute approximate surface area is 163 Å². The van der Waals surface area contributed by atoms with E-state index in [1.807, 2.05) is 49.9 Å². The molecule has 0 spiro atoms. The van der Waals surface area contributed by atoms with E-state index in [2.05, 4.69) is 32.4 Å².